The Hall–Kier alpha value is -5.60. The van der Waals surface area contributed by atoms with E-state index in [-0.39, 0.29) is 0 Å². The highest BCUT2D eigenvalue weighted by Crippen LogP contribution is 2.41. The predicted molar refractivity (Wildman–Crippen MR) is 177 cm³/mol. The second-order valence-electron chi connectivity index (χ2n) is 10.6. The molecule has 0 amide bonds. The fraction of sp³-hybridized carbons (Fsp3) is 0. The number of hydrogen-bond acceptors (Lipinski definition) is 2. The molecule has 0 fully saturated rings. The van der Waals surface area contributed by atoms with Crippen LogP contribution in [-0.2, 0) is 0 Å². The van der Waals surface area contributed by atoms with Crippen LogP contribution in [0.1, 0.15) is 0 Å². The summed E-state index contributed by atoms with van der Waals surface area (Å²) in [5.74, 6) is 0. The zero-order chi connectivity index (χ0) is 27.9. The van der Waals surface area contributed by atoms with E-state index >= 15 is 0 Å². The van der Waals surface area contributed by atoms with E-state index in [1.165, 1.54) is 38.4 Å². The summed E-state index contributed by atoms with van der Waals surface area (Å²) in [6.45, 7) is 0. The Labute approximate surface area is 244 Å². The van der Waals surface area contributed by atoms with Crippen molar-refractivity contribution in [2.24, 2.45) is 0 Å². The summed E-state index contributed by atoms with van der Waals surface area (Å²) in [5, 5.41) is 4.72. The summed E-state index contributed by atoms with van der Waals surface area (Å²) in [4.78, 5) is 2.31. The van der Waals surface area contributed by atoms with Crippen molar-refractivity contribution in [3.05, 3.63) is 164 Å². The van der Waals surface area contributed by atoms with Crippen molar-refractivity contribution in [2.75, 3.05) is 4.90 Å². The lowest BCUT2D eigenvalue weighted by Gasteiger charge is -2.26. The number of benzene rings is 7. The Kier molecular flexibility index (Phi) is 5.82. The van der Waals surface area contributed by atoms with Crippen LogP contribution in [0.4, 0.5) is 17.1 Å². The average molecular weight is 538 g/mol. The van der Waals surface area contributed by atoms with Gasteiger partial charge in [0.25, 0.3) is 0 Å². The van der Waals surface area contributed by atoms with Crippen LogP contribution in [0.2, 0.25) is 0 Å². The van der Waals surface area contributed by atoms with Gasteiger partial charge in [0.1, 0.15) is 11.2 Å². The minimum absolute atomic E-state index is 0.879. The zero-order valence-corrected chi connectivity index (χ0v) is 22.9. The van der Waals surface area contributed by atoms with Crippen molar-refractivity contribution in [1.29, 1.82) is 0 Å². The largest absolute Gasteiger partial charge is 0.456 e. The van der Waals surface area contributed by atoms with E-state index in [1.54, 1.807) is 0 Å². The van der Waals surface area contributed by atoms with Gasteiger partial charge < -0.3 is 9.32 Å². The number of fused-ring (bicyclic) bond motifs is 5. The first-order valence-corrected chi connectivity index (χ1v) is 14.3. The van der Waals surface area contributed by atoms with Gasteiger partial charge in [-0.15, -0.1) is 0 Å². The van der Waals surface area contributed by atoms with E-state index < -0.39 is 0 Å². The second kappa shape index (κ2) is 10.1. The highest BCUT2D eigenvalue weighted by molar-refractivity contribution is 6.19. The number of anilines is 3. The molecule has 8 aromatic rings. The summed E-state index contributed by atoms with van der Waals surface area (Å²) in [6, 6.07) is 57.9. The van der Waals surface area contributed by atoms with Crippen LogP contribution in [0.5, 0.6) is 0 Å². The van der Waals surface area contributed by atoms with E-state index in [4.69, 9.17) is 4.42 Å². The topological polar surface area (TPSA) is 16.4 Å². The van der Waals surface area contributed by atoms with Gasteiger partial charge >= 0.3 is 0 Å². The molecule has 0 N–H and O–H groups in total. The third-order valence-corrected chi connectivity index (χ3v) is 8.05. The van der Waals surface area contributed by atoms with Crippen molar-refractivity contribution < 1.29 is 4.42 Å². The van der Waals surface area contributed by atoms with Gasteiger partial charge in [0.05, 0.1) is 0 Å². The minimum atomic E-state index is 0.879. The molecule has 1 heterocycles. The monoisotopic (exact) mass is 537 g/mol. The molecule has 2 heteroatoms. The van der Waals surface area contributed by atoms with Crippen LogP contribution < -0.4 is 4.90 Å². The van der Waals surface area contributed by atoms with E-state index in [9.17, 15) is 0 Å². The molecule has 0 bridgehead atoms. The smallest absolute Gasteiger partial charge is 0.137 e. The molecule has 0 radical (unpaired) electrons. The summed E-state index contributed by atoms with van der Waals surface area (Å²) >= 11 is 0. The molecule has 0 unspecified atom stereocenters. The molecule has 0 aliphatic rings. The van der Waals surface area contributed by atoms with Gasteiger partial charge in [-0.05, 0) is 75.5 Å². The van der Waals surface area contributed by atoms with Crippen molar-refractivity contribution in [2.45, 2.75) is 0 Å². The molecule has 2 nitrogen and oxygen atoms in total. The maximum Gasteiger partial charge on any atom is 0.137 e. The Bertz CT molecular complexity index is 2180. The lowest BCUT2D eigenvalue weighted by Crippen LogP contribution is -2.10. The molecule has 8 rings (SSSR count). The molecular weight excluding hydrogens is 510 g/mol. The molecule has 0 spiro atoms. The fourth-order valence-electron chi connectivity index (χ4n) is 6.01. The van der Waals surface area contributed by atoms with Crippen LogP contribution in [0.25, 0.3) is 55.0 Å². The summed E-state index contributed by atoms with van der Waals surface area (Å²) in [6.07, 6.45) is 0. The van der Waals surface area contributed by atoms with Gasteiger partial charge in [0, 0.05) is 33.9 Å². The normalized spacial score (nSPS) is 11.3. The van der Waals surface area contributed by atoms with Gasteiger partial charge in [-0.25, -0.2) is 0 Å². The molecule has 1 aromatic heterocycles. The second-order valence-corrected chi connectivity index (χ2v) is 10.6. The standard InChI is InChI=1S/C40H27NO/c1-3-10-28(11-4-1)30-18-21-33(22-19-30)41(34-16-9-15-32(26-34)29-12-5-2-6-13-29)35-23-24-37-39(27-35)42-38-25-20-31-14-7-8-17-36(31)40(37)38/h1-27H. The van der Waals surface area contributed by atoms with Gasteiger partial charge in [0.15, 0.2) is 0 Å². The first-order chi connectivity index (χ1) is 20.8. The summed E-state index contributed by atoms with van der Waals surface area (Å²) < 4.78 is 6.47. The quantitative estimate of drug-likeness (QED) is 0.217. The van der Waals surface area contributed by atoms with Gasteiger partial charge in [-0.3, -0.25) is 0 Å². The third kappa shape index (κ3) is 4.22. The maximum absolute atomic E-state index is 6.47. The average Bonchev–Trinajstić information content (AvgIpc) is 3.45. The number of hydrogen-bond donors (Lipinski definition) is 0. The minimum Gasteiger partial charge on any atom is -0.456 e. The van der Waals surface area contributed by atoms with Gasteiger partial charge in [-0.2, -0.15) is 0 Å². The first-order valence-electron chi connectivity index (χ1n) is 14.3. The Morgan fingerprint density at radius 2 is 0.976 bits per heavy atom. The number of furan rings is 1. The van der Waals surface area contributed by atoms with Crippen molar-refractivity contribution in [1.82, 2.24) is 0 Å². The molecule has 7 aromatic carbocycles. The lowest BCUT2D eigenvalue weighted by atomic mass is 10.0. The molecule has 0 atom stereocenters. The van der Waals surface area contributed by atoms with E-state index in [2.05, 4.69) is 169 Å². The highest BCUT2D eigenvalue weighted by Gasteiger charge is 2.17. The maximum atomic E-state index is 6.47. The molecule has 0 saturated heterocycles. The van der Waals surface area contributed by atoms with Gasteiger partial charge in [-0.1, -0.05) is 115 Å². The Morgan fingerprint density at radius 3 is 1.76 bits per heavy atom. The molecule has 0 aliphatic carbocycles. The van der Waals surface area contributed by atoms with E-state index in [0.29, 0.717) is 0 Å². The SMILES string of the molecule is c1ccc(-c2ccc(N(c3cccc(-c4ccccc4)c3)c3ccc4c(c3)oc3ccc5ccccc5c34)cc2)cc1. The van der Waals surface area contributed by atoms with Crippen LogP contribution in [0, 0.1) is 0 Å². The Morgan fingerprint density at radius 1 is 0.357 bits per heavy atom. The van der Waals surface area contributed by atoms with Crippen molar-refractivity contribution in [3.63, 3.8) is 0 Å². The third-order valence-electron chi connectivity index (χ3n) is 8.05. The molecular formula is C40H27NO. The summed E-state index contributed by atoms with van der Waals surface area (Å²) in [5.41, 5.74) is 9.77. The summed E-state index contributed by atoms with van der Waals surface area (Å²) in [7, 11) is 0. The Balaban J connectivity index is 1.30. The number of rotatable bonds is 5. The molecule has 198 valence electrons. The van der Waals surface area contributed by atoms with Crippen molar-refractivity contribution in [3.8, 4) is 22.3 Å². The first kappa shape index (κ1) is 24.2. The predicted octanol–water partition coefficient (Wildman–Crippen LogP) is 11.5. The van der Waals surface area contributed by atoms with Crippen molar-refractivity contribution >= 4 is 49.8 Å². The van der Waals surface area contributed by atoms with Crippen LogP contribution in [0.3, 0.4) is 0 Å². The van der Waals surface area contributed by atoms with Gasteiger partial charge in [0.2, 0.25) is 0 Å². The van der Waals surface area contributed by atoms with Crippen LogP contribution in [-0.4, -0.2) is 0 Å². The lowest BCUT2D eigenvalue weighted by molar-refractivity contribution is 0.669. The fourth-order valence-corrected chi connectivity index (χ4v) is 6.01. The van der Waals surface area contributed by atoms with Crippen LogP contribution >= 0.6 is 0 Å². The zero-order valence-electron chi connectivity index (χ0n) is 22.9. The number of nitrogens with zero attached hydrogens (tertiary/aromatic N) is 1. The van der Waals surface area contributed by atoms with Crippen LogP contribution in [0.15, 0.2) is 168 Å². The van der Waals surface area contributed by atoms with E-state index in [1.807, 2.05) is 0 Å². The van der Waals surface area contributed by atoms with E-state index in [0.717, 1.165) is 33.6 Å². The molecule has 42 heavy (non-hydrogen) atoms. The highest BCUT2D eigenvalue weighted by atomic mass is 16.3. The molecule has 0 saturated carbocycles. The molecule has 0 aliphatic heterocycles.